The van der Waals surface area contributed by atoms with Crippen LogP contribution in [0.4, 0.5) is 0 Å². The molecule has 1 aliphatic rings. The maximum atomic E-state index is 12.2. The first kappa shape index (κ1) is 18.7. The van der Waals surface area contributed by atoms with E-state index in [-0.39, 0.29) is 12.6 Å². The molecular weight excluding hydrogens is 356 g/mol. The highest BCUT2D eigenvalue weighted by molar-refractivity contribution is 6.32. The SMILES string of the molecule is O=C(NCCCN1CCOCC1)c1ccn(COc2ccccc2Cl)n1. The van der Waals surface area contributed by atoms with Crippen molar-refractivity contribution in [2.75, 3.05) is 39.4 Å². The maximum absolute atomic E-state index is 12.2. The molecule has 0 saturated carbocycles. The smallest absolute Gasteiger partial charge is 0.271 e. The summed E-state index contributed by atoms with van der Waals surface area (Å²) in [5.41, 5.74) is 0.374. The third-order valence-corrected chi connectivity index (χ3v) is 4.41. The van der Waals surface area contributed by atoms with Gasteiger partial charge in [-0.25, -0.2) is 4.68 Å². The Balaban J connectivity index is 1.39. The highest BCUT2D eigenvalue weighted by Crippen LogP contribution is 2.23. The lowest BCUT2D eigenvalue weighted by Gasteiger charge is -2.26. The van der Waals surface area contributed by atoms with Gasteiger partial charge < -0.3 is 14.8 Å². The number of nitrogens with one attached hydrogen (secondary N) is 1. The van der Waals surface area contributed by atoms with Crippen LogP contribution in [-0.4, -0.2) is 60.0 Å². The standard InChI is InChI=1S/C18H23ClN4O3/c19-15-4-1-2-5-17(15)26-14-23-9-6-16(21-23)18(24)20-7-3-8-22-10-12-25-13-11-22/h1-2,4-6,9H,3,7-8,10-14H2,(H,20,24). The van der Waals surface area contributed by atoms with E-state index in [2.05, 4.69) is 15.3 Å². The summed E-state index contributed by atoms with van der Waals surface area (Å²) in [6.07, 6.45) is 2.61. The molecule has 2 aromatic rings. The second-order valence-electron chi connectivity index (χ2n) is 6.01. The average molecular weight is 379 g/mol. The number of amides is 1. The molecule has 1 saturated heterocycles. The van der Waals surface area contributed by atoms with E-state index in [0.717, 1.165) is 39.3 Å². The van der Waals surface area contributed by atoms with Crippen molar-refractivity contribution >= 4 is 17.5 Å². The van der Waals surface area contributed by atoms with E-state index in [1.165, 1.54) is 0 Å². The van der Waals surface area contributed by atoms with Crippen LogP contribution in [0.1, 0.15) is 16.9 Å². The third-order valence-electron chi connectivity index (χ3n) is 4.10. The summed E-state index contributed by atoms with van der Waals surface area (Å²) in [6, 6.07) is 8.90. The molecule has 0 radical (unpaired) electrons. The van der Waals surface area contributed by atoms with Gasteiger partial charge in [0.05, 0.1) is 18.2 Å². The lowest BCUT2D eigenvalue weighted by Crippen LogP contribution is -2.38. The number of aromatic nitrogens is 2. The van der Waals surface area contributed by atoms with Gasteiger partial charge in [-0.2, -0.15) is 5.10 Å². The van der Waals surface area contributed by atoms with Gasteiger partial charge in [0.25, 0.3) is 5.91 Å². The zero-order chi connectivity index (χ0) is 18.2. The number of rotatable bonds is 8. The van der Waals surface area contributed by atoms with Gasteiger partial charge in [0.2, 0.25) is 0 Å². The Labute approximate surface area is 157 Å². The molecule has 1 N–H and O–H groups in total. The molecule has 2 heterocycles. The van der Waals surface area contributed by atoms with Crippen molar-refractivity contribution in [1.82, 2.24) is 20.0 Å². The molecule has 7 nitrogen and oxygen atoms in total. The van der Waals surface area contributed by atoms with E-state index in [1.807, 2.05) is 12.1 Å². The number of halogens is 1. The van der Waals surface area contributed by atoms with Crippen molar-refractivity contribution in [1.29, 1.82) is 0 Å². The Morgan fingerprint density at radius 2 is 2.08 bits per heavy atom. The number of morpholine rings is 1. The minimum atomic E-state index is -0.177. The molecule has 1 aliphatic heterocycles. The number of hydrogen-bond donors (Lipinski definition) is 1. The van der Waals surface area contributed by atoms with Gasteiger partial charge in [0.1, 0.15) is 11.4 Å². The summed E-state index contributed by atoms with van der Waals surface area (Å²) in [6.45, 7) is 5.28. The van der Waals surface area contributed by atoms with E-state index in [0.29, 0.717) is 23.0 Å². The Hall–Kier alpha value is -2.09. The van der Waals surface area contributed by atoms with E-state index in [1.54, 1.807) is 29.1 Å². The lowest BCUT2D eigenvalue weighted by molar-refractivity contribution is 0.0374. The van der Waals surface area contributed by atoms with Crippen LogP contribution < -0.4 is 10.1 Å². The van der Waals surface area contributed by atoms with E-state index >= 15 is 0 Å². The molecule has 26 heavy (non-hydrogen) atoms. The Morgan fingerprint density at radius 1 is 1.27 bits per heavy atom. The molecular formula is C18H23ClN4O3. The topological polar surface area (TPSA) is 68.6 Å². The predicted octanol–water partition coefficient (Wildman–Crippen LogP) is 2.03. The van der Waals surface area contributed by atoms with Crippen molar-refractivity contribution in [3.63, 3.8) is 0 Å². The molecule has 0 aliphatic carbocycles. The van der Waals surface area contributed by atoms with Crippen LogP contribution in [-0.2, 0) is 11.5 Å². The first-order valence-electron chi connectivity index (χ1n) is 8.71. The van der Waals surface area contributed by atoms with Gasteiger partial charge in [-0.05, 0) is 31.2 Å². The highest BCUT2D eigenvalue weighted by atomic mass is 35.5. The number of carbonyl (C=O) groups is 1. The quantitative estimate of drug-likeness (QED) is 0.712. The summed E-state index contributed by atoms with van der Waals surface area (Å²) < 4.78 is 12.5. The van der Waals surface area contributed by atoms with Crippen LogP contribution in [0.15, 0.2) is 36.5 Å². The number of benzene rings is 1. The predicted molar refractivity (Wildman–Crippen MR) is 98.5 cm³/mol. The molecule has 1 aromatic heterocycles. The fourth-order valence-corrected chi connectivity index (χ4v) is 2.86. The van der Waals surface area contributed by atoms with Crippen molar-refractivity contribution in [3.8, 4) is 5.75 Å². The van der Waals surface area contributed by atoms with Gasteiger partial charge in [-0.3, -0.25) is 9.69 Å². The monoisotopic (exact) mass is 378 g/mol. The molecule has 1 aromatic carbocycles. The normalized spacial score (nSPS) is 15.0. The van der Waals surface area contributed by atoms with Gasteiger partial charge >= 0.3 is 0 Å². The van der Waals surface area contributed by atoms with Crippen molar-refractivity contribution in [2.24, 2.45) is 0 Å². The molecule has 140 valence electrons. The maximum Gasteiger partial charge on any atom is 0.271 e. The zero-order valence-electron chi connectivity index (χ0n) is 14.6. The summed E-state index contributed by atoms with van der Waals surface area (Å²) >= 11 is 6.04. The first-order valence-corrected chi connectivity index (χ1v) is 9.09. The van der Waals surface area contributed by atoms with Gasteiger partial charge in [-0.1, -0.05) is 23.7 Å². The van der Waals surface area contributed by atoms with Crippen LogP contribution in [0.2, 0.25) is 5.02 Å². The third kappa shape index (κ3) is 5.45. The fourth-order valence-electron chi connectivity index (χ4n) is 2.67. The number of hydrogen-bond acceptors (Lipinski definition) is 5. The Morgan fingerprint density at radius 3 is 2.88 bits per heavy atom. The minimum absolute atomic E-state index is 0.177. The Bertz CT molecular complexity index is 716. The molecule has 0 atom stereocenters. The molecule has 0 spiro atoms. The van der Waals surface area contributed by atoms with Crippen molar-refractivity contribution < 1.29 is 14.3 Å². The summed E-state index contributed by atoms with van der Waals surface area (Å²) in [5.74, 6) is 0.405. The lowest BCUT2D eigenvalue weighted by atomic mass is 10.3. The summed E-state index contributed by atoms with van der Waals surface area (Å²) in [7, 11) is 0. The number of carbonyl (C=O) groups excluding carboxylic acids is 1. The number of para-hydroxylation sites is 1. The number of ether oxygens (including phenoxy) is 2. The molecule has 0 unspecified atom stereocenters. The highest BCUT2D eigenvalue weighted by Gasteiger charge is 2.11. The van der Waals surface area contributed by atoms with Crippen LogP contribution in [0.5, 0.6) is 5.75 Å². The molecule has 1 amide bonds. The molecule has 3 rings (SSSR count). The Kier molecular flexibility index (Phi) is 6.88. The van der Waals surface area contributed by atoms with E-state index in [4.69, 9.17) is 21.1 Å². The average Bonchev–Trinajstić information content (AvgIpc) is 3.14. The van der Waals surface area contributed by atoms with E-state index in [9.17, 15) is 4.79 Å². The minimum Gasteiger partial charge on any atom is -0.470 e. The fraction of sp³-hybridized carbons (Fsp3) is 0.444. The molecule has 0 bridgehead atoms. The van der Waals surface area contributed by atoms with Gasteiger partial charge in [-0.15, -0.1) is 0 Å². The van der Waals surface area contributed by atoms with Crippen molar-refractivity contribution in [2.45, 2.75) is 13.2 Å². The largest absolute Gasteiger partial charge is 0.470 e. The second kappa shape index (κ2) is 9.56. The molecule has 1 fully saturated rings. The zero-order valence-corrected chi connectivity index (χ0v) is 15.3. The number of nitrogens with zero attached hydrogens (tertiary/aromatic N) is 3. The second-order valence-corrected chi connectivity index (χ2v) is 6.41. The van der Waals surface area contributed by atoms with Gasteiger partial charge in [0, 0.05) is 25.8 Å². The first-order chi connectivity index (χ1) is 12.7. The van der Waals surface area contributed by atoms with Crippen LogP contribution in [0.25, 0.3) is 0 Å². The van der Waals surface area contributed by atoms with Crippen LogP contribution in [0, 0.1) is 0 Å². The molecule has 8 heteroatoms. The van der Waals surface area contributed by atoms with E-state index < -0.39 is 0 Å². The van der Waals surface area contributed by atoms with Crippen LogP contribution in [0.3, 0.4) is 0 Å². The van der Waals surface area contributed by atoms with Gasteiger partial charge in [0.15, 0.2) is 6.73 Å². The summed E-state index contributed by atoms with van der Waals surface area (Å²) in [4.78, 5) is 14.5. The summed E-state index contributed by atoms with van der Waals surface area (Å²) in [5, 5.41) is 7.67. The van der Waals surface area contributed by atoms with Crippen molar-refractivity contribution in [3.05, 3.63) is 47.2 Å². The van der Waals surface area contributed by atoms with Crippen LogP contribution >= 0.6 is 11.6 Å².